The Balaban J connectivity index is 0.00000121. The van der Waals surface area contributed by atoms with Crippen molar-refractivity contribution in [1.29, 1.82) is 0 Å². The summed E-state index contributed by atoms with van der Waals surface area (Å²) in [5, 5.41) is 8.59. The van der Waals surface area contributed by atoms with Crippen molar-refractivity contribution in [3.8, 4) is 0 Å². The summed E-state index contributed by atoms with van der Waals surface area (Å²) >= 11 is 3.15. The van der Waals surface area contributed by atoms with Gasteiger partial charge >= 0.3 is 5.97 Å². The van der Waals surface area contributed by atoms with Crippen LogP contribution in [0.15, 0.2) is 22.7 Å². The fourth-order valence-electron chi connectivity index (χ4n) is 0.714. The zero-order valence-corrected chi connectivity index (χ0v) is 11.3. The van der Waals surface area contributed by atoms with Crippen molar-refractivity contribution in [1.82, 2.24) is 0 Å². The molecule has 0 aliphatic rings. The van der Waals surface area contributed by atoms with E-state index in [2.05, 4.69) is 15.9 Å². The third-order valence-corrected chi connectivity index (χ3v) is 1.74. The smallest absolute Gasteiger partial charge is 0.337 e. The van der Waals surface area contributed by atoms with Gasteiger partial charge in [0.2, 0.25) is 0 Å². The van der Waals surface area contributed by atoms with Crippen LogP contribution in [0.3, 0.4) is 0 Å². The Hall–Kier alpha value is 0.606. The Morgan fingerprint density at radius 2 is 2.08 bits per heavy atom. The molecule has 0 saturated carbocycles. The summed E-state index contributed by atoms with van der Waals surface area (Å²) < 4.78 is 0.712. The minimum Gasteiger partial charge on any atom is -0.478 e. The van der Waals surface area contributed by atoms with Gasteiger partial charge < -0.3 is 10.8 Å². The molecule has 0 spiro atoms. The quantitative estimate of drug-likeness (QED) is 0.588. The summed E-state index contributed by atoms with van der Waals surface area (Å²) in [4.78, 5) is 10.5. The average Bonchev–Trinajstić information content (AvgIpc) is 1.94. The van der Waals surface area contributed by atoms with Crippen molar-refractivity contribution in [3.63, 3.8) is 0 Å². The molecule has 1 radical (unpaired) electrons. The topological polar surface area (TPSA) is 63.3 Å². The molecule has 12 heavy (non-hydrogen) atoms. The predicted octanol–water partition coefficient (Wildman–Crippen LogP) is 1.35. The molecule has 3 N–H and O–H groups in total. The van der Waals surface area contributed by atoms with Gasteiger partial charge in [0.25, 0.3) is 0 Å². The number of aromatic carboxylic acids is 1. The summed E-state index contributed by atoms with van der Waals surface area (Å²) in [6, 6.07) is 4.72. The van der Waals surface area contributed by atoms with E-state index in [0.717, 1.165) is 0 Å². The second-order valence-corrected chi connectivity index (χ2v) is 2.95. The Morgan fingerprint density at radius 3 is 2.50 bits per heavy atom. The molecule has 0 unspecified atom stereocenters. The average molecular weight is 255 g/mol. The molecule has 0 aromatic heterocycles. The van der Waals surface area contributed by atoms with Gasteiger partial charge in [-0.05, 0) is 18.2 Å². The molecule has 1 aromatic rings. The van der Waals surface area contributed by atoms with Gasteiger partial charge in [0.05, 0.1) is 5.56 Å². The number of carboxylic acid groups (broad SMARTS) is 1. The molecule has 1 rings (SSSR count). The van der Waals surface area contributed by atoms with Crippen molar-refractivity contribution in [2.24, 2.45) is 0 Å². The Kier molecular flexibility index (Phi) is 5.63. The van der Waals surface area contributed by atoms with Crippen LogP contribution in [0.5, 0.6) is 0 Å². The normalized spacial score (nSPS) is 8.75. The van der Waals surface area contributed by atoms with E-state index in [1.54, 1.807) is 12.1 Å². The van der Waals surface area contributed by atoms with Crippen molar-refractivity contribution < 1.29 is 9.90 Å². The molecule has 0 fully saturated rings. The van der Waals surface area contributed by atoms with Crippen LogP contribution in [-0.4, -0.2) is 62.5 Å². The first-order valence-corrected chi connectivity index (χ1v) is 3.69. The summed E-state index contributed by atoms with van der Waals surface area (Å²) in [6.45, 7) is 0. The van der Waals surface area contributed by atoms with Crippen molar-refractivity contribution >= 4 is 79.0 Å². The molecule has 0 heterocycles. The number of carbonyl (C=O) groups is 1. The van der Waals surface area contributed by atoms with Crippen LogP contribution in [0.4, 0.5) is 5.69 Å². The summed E-state index contributed by atoms with van der Waals surface area (Å²) in [5.41, 5.74) is 5.79. The van der Waals surface area contributed by atoms with E-state index in [1.165, 1.54) is 6.07 Å². The Bertz CT molecular complexity index is 303. The number of nitrogens with two attached hydrogens (primary N) is 1. The molecule has 0 atom stereocenters. The fraction of sp³-hybridized carbons (Fsp3) is 0. The molecule has 0 aliphatic carbocycles. The number of benzene rings is 1. The van der Waals surface area contributed by atoms with Gasteiger partial charge in [-0.25, -0.2) is 4.79 Å². The van der Waals surface area contributed by atoms with Crippen LogP contribution >= 0.6 is 15.9 Å². The van der Waals surface area contributed by atoms with Gasteiger partial charge in [0.1, 0.15) is 0 Å². The van der Waals surface area contributed by atoms with Crippen LogP contribution < -0.4 is 5.73 Å². The molecule has 59 valence electrons. The third-order valence-electron chi connectivity index (χ3n) is 1.25. The van der Waals surface area contributed by atoms with E-state index in [1.807, 2.05) is 0 Å². The number of rotatable bonds is 1. The fourth-order valence-corrected chi connectivity index (χ4v) is 1.07. The van der Waals surface area contributed by atoms with Gasteiger partial charge in [-0.1, -0.05) is 15.9 Å². The number of nitrogen functional groups attached to an aromatic ring is 1. The van der Waals surface area contributed by atoms with E-state index >= 15 is 0 Å². The second kappa shape index (κ2) is 5.36. The van der Waals surface area contributed by atoms with E-state index in [-0.39, 0.29) is 62.6 Å². The van der Waals surface area contributed by atoms with Crippen LogP contribution in [0.1, 0.15) is 10.4 Å². The Morgan fingerprint density at radius 1 is 1.50 bits per heavy atom. The number of hydrogen-bond acceptors (Lipinski definition) is 2. The zero-order chi connectivity index (χ0) is 8.43. The van der Waals surface area contributed by atoms with Crippen LogP contribution in [0.25, 0.3) is 0 Å². The van der Waals surface area contributed by atoms with E-state index in [4.69, 9.17) is 10.8 Å². The first-order valence-electron chi connectivity index (χ1n) is 2.89. The van der Waals surface area contributed by atoms with Crippen LogP contribution in [0.2, 0.25) is 0 Å². The molecule has 0 amide bonds. The standard InChI is InChI=1S/C7H6BrNO2.K/c8-4-1-2-6(9)5(3-4)7(10)11;/h1-3H,9H2,(H,10,11);. The maximum atomic E-state index is 10.5. The van der Waals surface area contributed by atoms with E-state index in [9.17, 15) is 4.79 Å². The van der Waals surface area contributed by atoms with E-state index in [0.29, 0.717) is 4.47 Å². The van der Waals surface area contributed by atoms with Crippen molar-refractivity contribution in [2.45, 2.75) is 0 Å². The molecule has 1 aromatic carbocycles. The van der Waals surface area contributed by atoms with Crippen LogP contribution in [0, 0.1) is 0 Å². The summed E-state index contributed by atoms with van der Waals surface area (Å²) in [6.07, 6.45) is 0. The number of hydrogen-bond donors (Lipinski definition) is 2. The molecule has 3 nitrogen and oxygen atoms in total. The molecule has 0 bridgehead atoms. The largest absolute Gasteiger partial charge is 0.478 e. The van der Waals surface area contributed by atoms with Gasteiger partial charge in [-0.3, -0.25) is 0 Å². The zero-order valence-electron chi connectivity index (χ0n) is 6.54. The summed E-state index contributed by atoms with van der Waals surface area (Å²) in [7, 11) is 0. The predicted molar refractivity (Wildman–Crippen MR) is 51.3 cm³/mol. The Labute approximate surface area is 121 Å². The van der Waals surface area contributed by atoms with Gasteiger partial charge in [-0.15, -0.1) is 0 Å². The maximum absolute atomic E-state index is 10.5. The molecular formula is C7H6BrKNO2. The second-order valence-electron chi connectivity index (χ2n) is 2.04. The number of halogens is 1. The maximum Gasteiger partial charge on any atom is 0.337 e. The van der Waals surface area contributed by atoms with Gasteiger partial charge in [0.15, 0.2) is 0 Å². The minimum absolute atomic E-state index is 0. The van der Waals surface area contributed by atoms with Crippen LogP contribution in [-0.2, 0) is 0 Å². The number of anilines is 1. The number of carboxylic acids is 1. The van der Waals surface area contributed by atoms with E-state index < -0.39 is 5.97 Å². The van der Waals surface area contributed by atoms with Gasteiger partial charge in [-0.2, -0.15) is 0 Å². The minimum atomic E-state index is -1.01. The van der Waals surface area contributed by atoms with Gasteiger partial charge in [0, 0.05) is 61.5 Å². The van der Waals surface area contributed by atoms with Crippen molar-refractivity contribution in [3.05, 3.63) is 28.2 Å². The molecular weight excluding hydrogens is 249 g/mol. The first-order chi connectivity index (χ1) is 5.11. The molecule has 0 saturated heterocycles. The van der Waals surface area contributed by atoms with Crippen molar-refractivity contribution in [2.75, 3.05) is 5.73 Å². The SMILES string of the molecule is Nc1ccc(Br)cc1C(=O)O.[K]. The molecule has 5 heteroatoms. The molecule has 0 aliphatic heterocycles. The third kappa shape index (κ3) is 3.16. The monoisotopic (exact) mass is 254 g/mol. The summed E-state index contributed by atoms with van der Waals surface area (Å²) in [5.74, 6) is -1.01. The first kappa shape index (κ1) is 12.6.